The lowest BCUT2D eigenvalue weighted by molar-refractivity contribution is -0.870. The highest BCUT2D eigenvalue weighted by atomic mass is 16.7. The van der Waals surface area contributed by atoms with Gasteiger partial charge in [0.1, 0.15) is 13.2 Å². The van der Waals surface area contributed by atoms with Gasteiger partial charge in [-0.05, 0) is 44.9 Å². The van der Waals surface area contributed by atoms with Crippen molar-refractivity contribution in [1.82, 2.24) is 0 Å². The number of esters is 2. The average molecular weight is 1400 g/mol. The van der Waals surface area contributed by atoms with E-state index < -0.39 is 24.3 Å². The van der Waals surface area contributed by atoms with Crippen molar-refractivity contribution in [1.29, 1.82) is 0 Å². The van der Waals surface area contributed by atoms with E-state index in [0.717, 1.165) is 44.9 Å². The maximum Gasteiger partial charge on any atom is 0.306 e. The number of carbonyl (C=O) groups is 3. The summed E-state index contributed by atoms with van der Waals surface area (Å²) in [6.07, 6.45) is 102. The van der Waals surface area contributed by atoms with Gasteiger partial charge in [-0.3, -0.25) is 9.59 Å². The summed E-state index contributed by atoms with van der Waals surface area (Å²) in [5.74, 6) is -2.24. The van der Waals surface area contributed by atoms with E-state index in [4.69, 9.17) is 18.9 Å². The third-order valence-electron chi connectivity index (χ3n) is 20.7. The van der Waals surface area contributed by atoms with Crippen molar-refractivity contribution >= 4 is 17.9 Å². The number of hydrogen-bond acceptors (Lipinski definition) is 8. The second kappa shape index (κ2) is 81.4. The lowest BCUT2D eigenvalue weighted by Gasteiger charge is -2.26. The van der Waals surface area contributed by atoms with Gasteiger partial charge >= 0.3 is 11.9 Å². The predicted molar refractivity (Wildman–Crippen MR) is 426 cm³/mol. The molecule has 0 aromatic rings. The molecule has 0 aliphatic rings. The topological polar surface area (TPSA) is 111 Å². The van der Waals surface area contributed by atoms with Crippen LogP contribution < -0.4 is 5.11 Å². The number of ether oxygens (including phenoxy) is 4. The van der Waals surface area contributed by atoms with Crippen molar-refractivity contribution in [2.24, 2.45) is 0 Å². The van der Waals surface area contributed by atoms with Gasteiger partial charge in [-0.1, -0.05) is 443 Å². The summed E-state index contributed by atoms with van der Waals surface area (Å²) in [7, 11) is 5.96. The fraction of sp³-hybridized carbons (Fsp3) is 0.922. The largest absolute Gasteiger partial charge is 0.545 e. The zero-order chi connectivity index (χ0) is 71.8. The lowest BCUT2D eigenvalue weighted by Crippen LogP contribution is -2.44. The number of rotatable bonds is 85. The van der Waals surface area contributed by atoms with Gasteiger partial charge in [0.15, 0.2) is 12.4 Å². The number of unbranched alkanes of at least 4 members (excludes halogenated alkanes) is 66. The van der Waals surface area contributed by atoms with Crippen molar-refractivity contribution in [3.8, 4) is 0 Å². The van der Waals surface area contributed by atoms with E-state index in [1.54, 1.807) is 0 Å². The first-order valence-corrected chi connectivity index (χ1v) is 44.5. The van der Waals surface area contributed by atoms with Crippen LogP contribution in [0.25, 0.3) is 0 Å². The van der Waals surface area contributed by atoms with Gasteiger partial charge < -0.3 is 33.3 Å². The summed E-state index contributed by atoms with van der Waals surface area (Å²) in [5, 5.41) is 11.9. The molecular formula is C90H173NO8. The molecule has 0 amide bonds. The zero-order valence-electron chi connectivity index (χ0n) is 67.4. The molecule has 0 aliphatic carbocycles. The Bertz CT molecular complexity index is 1680. The Hall–Kier alpha value is -2.23. The van der Waals surface area contributed by atoms with Gasteiger partial charge in [-0.2, -0.15) is 0 Å². The molecule has 0 heterocycles. The smallest absolute Gasteiger partial charge is 0.306 e. The second-order valence-corrected chi connectivity index (χ2v) is 31.9. The first-order chi connectivity index (χ1) is 48.6. The molecule has 9 heteroatoms. The highest BCUT2D eigenvalue weighted by Gasteiger charge is 2.22. The second-order valence-electron chi connectivity index (χ2n) is 31.9. The molecule has 0 fully saturated rings. The van der Waals surface area contributed by atoms with Gasteiger partial charge in [0, 0.05) is 12.8 Å². The number of quaternary nitrogens is 1. The van der Waals surface area contributed by atoms with Crippen molar-refractivity contribution in [3.05, 3.63) is 24.3 Å². The molecule has 0 rings (SSSR count). The number of carboxylic acids is 1. The van der Waals surface area contributed by atoms with Gasteiger partial charge in [0.25, 0.3) is 0 Å². The maximum absolute atomic E-state index is 13.0. The Morgan fingerprint density at radius 1 is 0.303 bits per heavy atom. The van der Waals surface area contributed by atoms with Crippen LogP contribution in [0.2, 0.25) is 0 Å². The van der Waals surface area contributed by atoms with E-state index in [0.29, 0.717) is 17.4 Å². The molecule has 0 aliphatic heterocycles. The quantitative estimate of drug-likeness (QED) is 0.0195. The molecule has 0 spiro atoms. The molecule has 0 bridgehead atoms. The number of hydrogen-bond donors (Lipinski definition) is 0. The molecule has 9 nitrogen and oxygen atoms in total. The summed E-state index contributed by atoms with van der Waals surface area (Å²) in [4.78, 5) is 37.7. The third-order valence-corrected chi connectivity index (χ3v) is 20.7. The first-order valence-electron chi connectivity index (χ1n) is 44.5. The predicted octanol–water partition coefficient (Wildman–Crippen LogP) is 27.5. The molecule has 0 aromatic carbocycles. The van der Waals surface area contributed by atoms with E-state index in [2.05, 4.69) is 38.2 Å². The van der Waals surface area contributed by atoms with E-state index in [1.807, 2.05) is 21.1 Å². The minimum Gasteiger partial charge on any atom is -0.545 e. The summed E-state index contributed by atoms with van der Waals surface area (Å²) in [6.45, 7) is 4.84. The monoisotopic (exact) mass is 1400 g/mol. The highest BCUT2D eigenvalue weighted by Crippen LogP contribution is 2.21. The molecule has 0 radical (unpaired) electrons. The van der Waals surface area contributed by atoms with Crippen LogP contribution >= 0.6 is 0 Å². The van der Waals surface area contributed by atoms with Crippen LogP contribution in [0.15, 0.2) is 24.3 Å². The fourth-order valence-corrected chi connectivity index (χ4v) is 13.9. The van der Waals surface area contributed by atoms with Crippen molar-refractivity contribution in [3.63, 3.8) is 0 Å². The summed E-state index contributed by atoms with van der Waals surface area (Å²) < 4.78 is 22.9. The van der Waals surface area contributed by atoms with Gasteiger partial charge in [-0.15, -0.1) is 0 Å². The Balaban J connectivity index is 3.89. The fourth-order valence-electron chi connectivity index (χ4n) is 13.9. The van der Waals surface area contributed by atoms with Gasteiger partial charge in [-0.25, -0.2) is 0 Å². The maximum atomic E-state index is 13.0. The van der Waals surface area contributed by atoms with Crippen molar-refractivity contribution in [2.45, 2.75) is 489 Å². The number of carbonyl (C=O) groups excluding carboxylic acids is 3. The van der Waals surface area contributed by atoms with Crippen LogP contribution in [0.4, 0.5) is 0 Å². The number of nitrogens with zero attached hydrogens (tertiary/aromatic N) is 1. The number of likely N-dealkylation sites (N-methyl/N-ethyl adjacent to an activating group) is 1. The number of allylic oxidation sites excluding steroid dienone is 4. The van der Waals surface area contributed by atoms with Crippen LogP contribution in [0.1, 0.15) is 476 Å². The van der Waals surface area contributed by atoms with Crippen LogP contribution in [-0.2, 0) is 33.3 Å². The minimum absolute atomic E-state index is 0.153. The Morgan fingerprint density at radius 3 is 0.798 bits per heavy atom. The van der Waals surface area contributed by atoms with Crippen molar-refractivity contribution in [2.75, 3.05) is 47.5 Å². The Kier molecular flexibility index (Phi) is 79.6. The summed E-state index contributed by atoms with van der Waals surface area (Å²) in [5.41, 5.74) is 0. The number of aliphatic carboxylic acids is 1. The molecule has 2 unspecified atom stereocenters. The summed E-state index contributed by atoms with van der Waals surface area (Å²) >= 11 is 0. The minimum atomic E-state index is -1.62. The molecule has 0 aromatic heterocycles. The van der Waals surface area contributed by atoms with Crippen LogP contribution in [0, 0.1) is 0 Å². The van der Waals surface area contributed by atoms with E-state index in [9.17, 15) is 19.5 Å². The Morgan fingerprint density at radius 2 is 0.545 bits per heavy atom. The van der Waals surface area contributed by atoms with Gasteiger partial charge in [0.05, 0.1) is 40.3 Å². The first kappa shape index (κ1) is 96.8. The SMILES string of the molecule is CCCCCCC/C=C\C/C=C\CCCCCCCCCCCCCCCCCCCCCCCCCCCCCC(=O)OC(COC(=O)CCCCCCCCCCCCCCCCCCCCCCCCCCCCCCCCCCCCC)COC(OCC[N+](C)(C)C)C(=O)[O-]. The van der Waals surface area contributed by atoms with E-state index in [1.165, 1.54) is 405 Å². The zero-order valence-corrected chi connectivity index (χ0v) is 67.4. The van der Waals surface area contributed by atoms with Crippen LogP contribution in [0.3, 0.4) is 0 Å². The van der Waals surface area contributed by atoms with Crippen LogP contribution in [0.5, 0.6) is 0 Å². The van der Waals surface area contributed by atoms with Crippen LogP contribution in [-0.4, -0.2) is 82.3 Å². The molecule has 0 N–H and O–H groups in total. The molecular weight excluding hydrogens is 1220 g/mol. The lowest BCUT2D eigenvalue weighted by atomic mass is 10.0. The van der Waals surface area contributed by atoms with E-state index in [-0.39, 0.29) is 32.2 Å². The summed E-state index contributed by atoms with van der Waals surface area (Å²) in [6, 6.07) is 0. The molecule has 99 heavy (non-hydrogen) atoms. The molecule has 586 valence electrons. The third kappa shape index (κ3) is 82.9. The standard InChI is InChI=1S/C90H173NO8/c1-6-8-10-12-14-16-18-20-22-24-26-28-30-32-34-36-38-40-42-43-44-45-47-49-51-53-55-57-59-61-63-65-67-69-71-73-75-77-79-81-88(93)99-86(85-98-90(89(94)95)96-83-82-91(3,4)5)84-97-87(92)80-78-76-74-72-70-68-66-64-62-60-58-56-54-52-50-48-46-41-39-37-35-33-31-29-27-25-23-21-19-17-15-13-11-9-7-2/h18,20,24,26,86,90H,6-17,19,21-23,25,27-85H2,1-5H3/b20-18-,26-24-. The Labute approximate surface area is 618 Å². The number of carboxylic acid groups (broad SMARTS) is 1. The molecule has 0 saturated heterocycles. The van der Waals surface area contributed by atoms with Gasteiger partial charge in [0.2, 0.25) is 0 Å². The van der Waals surface area contributed by atoms with E-state index >= 15 is 0 Å². The molecule has 0 saturated carbocycles. The highest BCUT2D eigenvalue weighted by molar-refractivity contribution is 5.70. The molecule has 2 atom stereocenters. The normalized spacial score (nSPS) is 12.6. The average Bonchev–Trinajstić information content (AvgIpc) is 1.14. The van der Waals surface area contributed by atoms with Crippen molar-refractivity contribution < 1.29 is 42.9 Å².